The van der Waals surface area contributed by atoms with Crippen LogP contribution in [0.5, 0.6) is 11.5 Å². The van der Waals surface area contributed by atoms with E-state index in [0.717, 1.165) is 28.7 Å². The second kappa shape index (κ2) is 9.78. The largest absolute Gasteiger partial charge is 0.490 e. The molecule has 0 spiro atoms. The predicted octanol–water partition coefficient (Wildman–Crippen LogP) is 4.55. The van der Waals surface area contributed by atoms with E-state index in [1.54, 1.807) is 4.90 Å². The van der Waals surface area contributed by atoms with E-state index in [1.165, 1.54) is 0 Å². The van der Waals surface area contributed by atoms with E-state index in [1.807, 2.05) is 50.2 Å². The van der Waals surface area contributed by atoms with Gasteiger partial charge in [-0.05, 0) is 62.2 Å². The van der Waals surface area contributed by atoms with Crippen molar-refractivity contribution < 1.29 is 19.1 Å². The van der Waals surface area contributed by atoms with Crippen LogP contribution in [0.15, 0.2) is 40.9 Å². The Morgan fingerprint density at radius 1 is 1.10 bits per heavy atom. The SMILES string of the molecule is CCOc1cc(Br)c(CC(=O)Nc2ccc(N3CCCC3=O)cc2)cc1OCC. The van der Waals surface area contributed by atoms with Gasteiger partial charge in [0, 0.05) is 28.8 Å². The third-order valence-electron chi connectivity index (χ3n) is 4.60. The number of carbonyl (C=O) groups is 2. The summed E-state index contributed by atoms with van der Waals surface area (Å²) < 4.78 is 12.0. The Balaban J connectivity index is 1.67. The lowest BCUT2D eigenvalue weighted by atomic mass is 10.1. The Kier molecular flexibility index (Phi) is 7.14. The molecule has 7 heteroatoms. The minimum atomic E-state index is -0.137. The van der Waals surface area contributed by atoms with Crippen molar-refractivity contribution in [3.05, 3.63) is 46.4 Å². The van der Waals surface area contributed by atoms with Gasteiger partial charge in [0.1, 0.15) is 0 Å². The number of hydrogen-bond donors (Lipinski definition) is 1. The van der Waals surface area contributed by atoms with Gasteiger partial charge in [0.25, 0.3) is 0 Å². The predicted molar refractivity (Wildman–Crippen MR) is 117 cm³/mol. The third kappa shape index (κ3) is 5.29. The third-order valence-corrected chi connectivity index (χ3v) is 5.34. The van der Waals surface area contributed by atoms with Crippen molar-refractivity contribution >= 4 is 39.1 Å². The summed E-state index contributed by atoms with van der Waals surface area (Å²) in [4.78, 5) is 26.2. The van der Waals surface area contributed by atoms with Crippen LogP contribution < -0.4 is 19.7 Å². The molecule has 0 atom stereocenters. The maximum atomic E-state index is 12.5. The first-order chi connectivity index (χ1) is 14.0. The summed E-state index contributed by atoms with van der Waals surface area (Å²) in [6.07, 6.45) is 1.68. The Hall–Kier alpha value is -2.54. The van der Waals surface area contributed by atoms with Crippen molar-refractivity contribution in [2.75, 3.05) is 30.0 Å². The average Bonchev–Trinajstić information content (AvgIpc) is 3.12. The summed E-state index contributed by atoms with van der Waals surface area (Å²) >= 11 is 3.52. The molecule has 29 heavy (non-hydrogen) atoms. The lowest BCUT2D eigenvalue weighted by Crippen LogP contribution is -2.23. The van der Waals surface area contributed by atoms with Crippen LogP contribution >= 0.6 is 15.9 Å². The molecule has 0 aliphatic carbocycles. The number of hydrogen-bond acceptors (Lipinski definition) is 4. The summed E-state index contributed by atoms with van der Waals surface area (Å²) in [5.74, 6) is 1.28. The van der Waals surface area contributed by atoms with Crippen molar-refractivity contribution in [3.63, 3.8) is 0 Å². The quantitative estimate of drug-likeness (QED) is 0.626. The van der Waals surface area contributed by atoms with Crippen LogP contribution in [-0.4, -0.2) is 31.6 Å². The Labute approximate surface area is 179 Å². The van der Waals surface area contributed by atoms with Gasteiger partial charge in [-0.2, -0.15) is 0 Å². The van der Waals surface area contributed by atoms with Gasteiger partial charge in [0.15, 0.2) is 11.5 Å². The van der Waals surface area contributed by atoms with Crippen molar-refractivity contribution in [1.29, 1.82) is 0 Å². The van der Waals surface area contributed by atoms with Crippen LogP contribution in [-0.2, 0) is 16.0 Å². The zero-order chi connectivity index (χ0) is 20.8. The Bertz CT molecular complexity index is 883. The van der Waals surface area contributed by atoms with Gasteiger partial charge < -0.3 is 19.7 Å². The molecule has 0 bridgehead atoms. The van der Waals surface area contributed by atoms with Gasteiger partial charge in [0.2, 0.25) is 11.8 Å². The fourth-order valence-corrected chi connectivity index (χ4v) is 3.74. The highest BCUT2D eigenvalue weighted by molar-refractivity contribution is 9.10. The van der Waals surface area contributed by atoms with Crippen LogP contribution in [0.1, 0.15) is 32.3 Å². The number of nitrogens with zero attached hydrogens (tertiary/aromatic N) is 1. The molecule has 0 unspecified atom stereocenters. The van der Waals surface area contributed by atoms with Crippen LogP contribution in [0.25, 0.3) is 0 Å². The van der Waals surface area contributed by atoms with E-state index >= 15 is 0 Å². The lowest BCUT2D eigenvalue weighted by Gasteiger charge is -2.16. The Morgan fingerprint density at radius 3 is 2.34 bits per heavy atom. The molecular weight excluding hydrogens is 436 g/mol. The molecule has 2 aromatic rings. The molecular formula is C22H25BrN2O4. The zero-order valence-electron chi connectivity index (χ0n) is 16.7. The van der Waals surface area contributed by atoms with Crippen molar-refractivity contribution in [1.82, 2.24) is 0 Å². The second-order valence-electron chi connectivity index (χ2n) is 6.68. The molecule has 6 nitrogen and oxygen atoms in total. The normalized spacial score (nSPS) is 13.5. The van der Waals surface area contributed by atoms with Crippen LogP contribution in [0.4, 0.5) is 11.4 Å². The number of amides is 2. The first-order valence-electron chi connectivity index (χ1n) is 9.80. The maximum Gasteiger partial charge on any atom is 0.228 e. The number of halogens is 1. The Morgan fingerprint density at radius 2 is 1.76 bits per heavy atom. The van der Waals surface area contributed by atoms with E-state index < -0.39 is 0 Å². The zero-order valence-corrected chi connectivity index (χ0v) is 18.3. The number of anilines is 2. The average molecular weight is 461 g/mol. The summed E-state index contributed by atoms with van der Waals surface area (Å²) in [5.41, 5.74) is 2.37. The van der Waals surface area contributed by atoms with Crippen molar-refractivity contribution in [3.8, 4) is 11.5 Å². The van der Waals surface area contributed by atoms with Gasteiger partial charge in [0.05, 0.1) is 19.6 Å². The molecule has 1 saturated heterocycles. The highest BCUT2D eigenvalue weighted by atomic mass is 79.9. The fourth-order valence-electron chi connectivity index (χ4n) is 3.27. The number of carbonyl (C=O) groups excluding carboxylic acids is 2. The second-order valence-corrected chi connectivity index (χ2v) is 7.53. The van der Waals surface area contributed by atoms with E-state index in [9.17, 15) is 9.59 Å². The minimum absolute atomic E-state index is 0.137. The minimum Gasteiger partial charge on any atom is -0.490 e. The molecule has 1 aliphatic rings. The summed E-state index contributed by atoms with van der Waals surface area (Å²) in [7, 11) is 0. The fraction of sp³-hybridized carbons (Fsp3) is 0.364. The monoisotopic (exact) mass is 460 g/mol. The standard InChI is InChI=1S/C22H25BrN2O4/c1-3-28-19-12-15(18(23)14-20(19)29-4-2)13-21(26)24-16-7-9-17(10-8-16)25-11-5-6-22(25)27/h7-10,12,14H,3-6,11,13H2,1-2H3,(H,24,26). The summed E-state index contributed by atoms with van der Waals surface area (Å²) in [5, 5.41) is 2.90. The van der Waals surface area contributed by atoms with E-state index in [-0.39, 0.29) is 18.2 Å². The van der Waals surface area contributed by atoms with E-state index in [4.69, 9.17) is 9.47 Å². The molecule has 2 aromatic carbocycles. The molecule has 2 amide bonds. The van der Waals surface area contributed by atoms with Gasteiger partial charge >= 0.3 is 0 Å². The lowest BCUT2D eigenvalue weighted by molar-refractivity contribution is -0.117. The van der Waals surface area contributed by atoms with Crippen LogP contribution in [0.3, 0.4) is 0 Å². The molecule has 0 radical (unpaired) electrons. The maximum absolute atomic E-state index is 12.5. The molecule has 154 valence electrons. The smallest absolute Gasteiger partial charge is 0.228 e. The first-order valence-corrected chi connectivity index (χ1v) is 10.6. The molecule has 3 rings (SSSR count). The number of nitrogens with one attached hydrogen (secondary N) is 1. The van der Waals surface area contributed by atoms with Crippen molar-refractivity contribution in [2.24, 2.45) is 0 Å². The molecule has 0 saturated carbocycles. The van der Waals surface area contributed by atoms with Gasteiger partial charge in [-0.15, -0.1) is 0 Å². The molecule has 1 N–H and O–H groups in total. The van der Waals surface area contributed by atoms with Gasteiger partial charge in [-0.1, -0.05) is 15.9 Å². The molecule has 1 aliphatic heterocycles. The first kappa shape index (κ1) is 21.2. The van der Waals surface area contributed by atoms with Crippen LogP contribution in [0.2, 0.25) is 0 Å². The summed E-state index contributed by atoms with van der Waals surface area (Å²) in [6.45, 7) is 5.61. The van der Waals surface area contributed by atoms with E-state index in [2.05, 4.69) is 21.2 Å². The van der Waals surface area contributed by atoms with Gasteiger partial charge in [-0.25, -0.2) is 0 Å². The number of ether oxygens (including phenoxy) is 2. The van der Waals surface area contributed by atoms with Crippen molar-refractivity contribution in [2.45, 2.75) is 33.1 Å². The molecule has 0 aromatic heterocycles. The van der Waals surface area contributed by atoms with Crippen LogP contribution in [0, 0.1) is 0 Å². The number of benzene rings is 2. The van der Waals surface area contributed by atoms with E-state index in [0.29, 0.717) is 36.8 Å². The highest BCUT2D eigenvalue weighted by Crippen LogP contribution is 2.34. The summed E-state index contributed by atoms with van der Waals surface area (Å²) in [6, 6.07) is 11.0. The number of rotatable bonds is 8. The molecule has 1 heterocycles. The van der Waals surface area contributed by atoms with Gasteiger partial charge in [-0.3, -0.25) is 9.59 Å². The molecule has 1 fully saturated rings. The topological polar surface area (TPSA) is 67.9 Å². The highest BCUT2D eigenvalue weighted by Gasteiger charge is 2.21.